The normalized spacial score (nSPS) is 18.3. The van der Waals surface area contributed by atoms with Crippen molar-refractivity contribution in [1.82, 2.24) is 25.3 Å². The molecule has 2 aliphatic heterocycles. The third-order valence-corrected chi connectivity index (χ3v) is 17.8. The summed E-state index contributed by atoms with van der Waals surface area (Å²) in [4.78, 5) is 47.2. The van der Waals surface area contributed by atoms with Crippen LogP contribution in [-0.4, -0.2) is 106 Å². The van der Waals surface area contributed by atoms with Crippen LogP contribution in [0.15, 0.2) is 66.9 Å². The molecular weight excluding hydrogens is 841 g/mol. The van der Waals surface area contributed by atoms with Gasteiger partial charge in [0.15, 0.2) is 8.32 Å². The number of carbonyl (C=O) groups is 3. The first-order chi connectivity index (χ1) is 30.9. The van der Waals surface area contributed by atoms with Crippen molar-refractivity contribution >= 4 is 42.9 Å². The van der Waals surface area contributed by atoms with Gasteiger partial charge in [-0.2, -0.15) is 0 Å². The van der Waals surface area contributed by atoms with Crippen molar-refractivity contribution in [3.63, 3.8) is 0 Å². The van der Waals surface area contributed by atoms with Crippen LogP contribution in [0.5, 0.6) is 0 Å². The lowest BCUT2D eigenvalue weighted by Crippen LogP contribution is -2.60. The fraction of sp³-hybridized carbons (Fsp3) is 0.560. The molecule has 2 saturated heterocycles. The van der Waals surface area contributed by atoms with E-state index in [4.69, 9.17) is 28.4 Å². The van der Waals surface area contributed by atoms with Gasteiger partial charge in [0.25, 0.3) is 5.91 Å². The monoisotopic (exact) mass is 913 g/mol. The van der Waals surface area contributed by atoms with Crippen LogP contribution in [0.3, 0.4) is 0 Å². The molecule has 2 aliphatic rings. The van der Waals surface area contributed by atoms with E-state index in [-0.39, 0.29) is 35.5 Å². The Morgan fingerprint density at radius 1 is 1.02 bits per heavy atom. The molecule has 2 aromatic heterocycles. The summed E-state index contributed by atoms with van der Waals surface area (Å²) < 4.78 is 32.1. The number of pyridine rings is 1. The van der Waals surface area contributed by atoms with Gasteiger partial charge in [-0.1, -0.05) is 65.0 Å². The molecule has 2 fully saturated rings. The van der Waals surface area contributed by atoms with E-state index in [1.165, 1.54) is 17.7 Å². The van der Waals surface area contributed by atoms with E-state index in [1.54, 1.807) is 7.11 Å². The van der Waals surface area contributed by atoms with Crippen LogP contribution < -0.4 is 15.6 Å². The molecule has 0 radical (unpaired) electrons. The number of hydrogen-bond acceptors (Lipinski definition) is 11. The number of fused-ring (bicyclic) bond motifs is 1. The van der Waals surface area contributed by atoms with Crippen molar-refractivity contribution < 1.29 is 37.8 Å². The third kappa shape index (κ3) is 12.0. The van der Waals surface area contributed by atoms with Crippen LogP contribution in [0.1, 0.15) is 90.7 Å². The van der Waals surface area contributed by atoms with Crippen LogP contribution in [0.25, 0.3) is 22.2 Å². The van der Waals surface area contributed by atoms with E-state index in [9.17, 15) is 14.4 Å². The number of anilines is 1. The summed E-state index contributed by atoms with van der Waals surface area (Å²) in [5.74, 6) is -0.830. The number of esters is 1. The predicted octanol–water partition coefficient (Wildman–Crippen LogP) is 8.58. The highest BCUT2D eigenvalue weighted by atomic mass is 28.4. The van der Waals surface area contributed by atoms with E-state index in [2.05, 4.69) is 99.1 Å². The number of methoxy groups -OCH3 is 2. The number of hydrogen-bond donors (Lipinski definition) is 2. The zero-order valence-corrected chi connectivity index (χ0v) is 41.5. The Balaban J connectivity index is 1.32. The van der Waals surface area contributed by atoms with E-state index < -0.39 is 38.6 Å². The summed E-state index contributed by atoms with van der Waals surface area (Å²) in [5.41, 5.74) is 10.1. The summed E-state index contributed by atoms with van der Waals surface area (Å²) in [6.07, 6.45) is 2.56. The number of benzene rings is 2. The average molecular weight is 913 g/mol. The van der Waals surface area contributed by atoms with Gasteiger partial charge in [-0.15, -0.1) is 0 Å². The second kappa shape index (κ2) is 21.2. The molecule has 4 aromatic rings. The molecular formula is C50H72N6O8Si. The van der Waals surface area contributed by atoms with E-state index in [1.807, 2.05) is 49.5 Å². The van der Waals surface area contributed by atoms with Gasteiger partial charge in [0.1, 0.15) is 18.7 Å². The number of aromatic nitrogens is 2. The van der Waals surface area contributed by atoms with Gasteiger partial charge in [0.05, 0.1) is 37.3 Å². The largest absolute Gasteiger partial charge is 0.468 e. The second-order valence-corrected chi connectivity index (χ2v) is 24.6. The zero-order valence-electron chi connectivity index (χ0n) is 40.5. The van der Waals surface area contributed by atoms with Crippen molar-refractivity contribution in [2.24, 2.45) is 5.41 Å². The van der Waals surface area contributed by atoms with Crippen molar-refractivity contribution in [2.45, 2.75) is 130 Å². The number of nitrogens with one attached hydrogen (secondary N) is 2. The number of morpholine rings is 1. The number of hydrazine groups is 1. The minimum absolute atomic E-state index is 0.0496. The first-order valence-electron chi connectivity index (χ1n) is 23.1. The molecule has 0 saturated carbocycles. The molecule has 4 heterocycles. The highest BCUT2D eigenvalue weighted by Crippen LogP contribution is 2.43. The Labute approximate surface area is 386 Å². The molecule has 4 atom stereocenters. The Kier molecular flexibility index (Phi) is 16.2. The van der Waals surface area contributed by atoms with Gasteiger partial charge in [-0.25, -0.2) is 10.2 Å². The van der Waals surface area contributed by atoms with Crippen molar-refractivity contribution in [1.29, 1.82) is 0 Å². The van der Waals surface area contributed by atoms with Gasteiger partial charge < -0.3 is 38.2 Å². The molecule has 65 heavy (non-hydrogen) atoms. The van der Waals surface area contributed by atoms with Crippen molar-refractivity contribution in [3.05, 3.63) is 83.7 Å². The van der Waals surface area contributed by atoms with E-state index >= 15 is 0 Å². The maximum Gasteiger partial charge on any atom is 0.408 e. The maximum atomic E-state index is 14.3. The quantitative estimate of drug-likeness (QED) is 0.0776. The highest BCUT2D eigenvalue weighted by Gasteiger charge is 2.40. The van der Waals surface area contributed by atoms with Gasteiger partial charge in [0, 0.05) is 74.7 Å². The third-order valence-electron chi connectivity index (χ3n) is 13.3. The lowest BCUT2D eigenvalue weighted by molar-refractivity contribution is -0.150. The van der Waals surface area contributed by atoms with Gasteiger partial charge >= 0.3 is 12.1 Å². The van der Waals surface area contributed by atoms with Gasteiger partial charge in [-0.05, 0) is 98.1 Å². The molecule has 15 heteroatoms. The molecule has 2 N–H and O–H groups in total. The van der Waals surface area contributed by atoms with Crippen LogP contribution >= 0.6 is 0 Å². The molecule has 0 bridgehead atoms. The Bertz CT molecular complexity index is 2260. The number of rotatable bonds is 17. The molecule has 3 unspecified atom stereocenters. The maximum absolute atomic E-state index is 14.3. The van der Waals surface area contributed by atoms with Gasteiger partial charge in [0.2, 0.25) is 0 Å². The number of nitrogens with zero attached hydrogens (tertiary/aromatic N) is 4. The van der Waals surface area contributed by atoms with Crippen LogP contribution in [0.4, 0.5) is 10.5 Å². The smallest absolute Gasteiger partial charge is 0.408 e. The number of aryl methyl sites for hydroxylation is 1. The molecule has 0 aliphatic carbocycles. The van der Waals surface area contributed by atoms with Crippen molar-refractivity contribution in [3.8, 4) is 11.3 Å². The lowest BCUT2D eigenvalue weighted by atomic mass is 9.84. The minimum Gasteiger partial charge on any atom is -0.468 e. The second-order valence-electron chi connectivity index (χ2n) is 19.7. The fourth-order valence-corrected chi connectivity index (χ4v) is 9.72. The van der Waals surface area contributed by atoms with Crippen LogP contribution in [0, 0.1) is 5.41 Å². The number of alkyl carbamates (subject to hydrolysis) is 1. The zero-order chi connectivity index (χ0) is 47.1. The molecule has 14 nitrogen and oxygen atoms in total. The van der Waals surface area contributed by atoms with E-state index in [0.29, 0.717) is 45.7 Å². The molecule has 0 spiro atoms. The predicted molar refractivity (Wildman–Crippen MR) is 257 cm³/mol. The van der Waals surface area contributed by atoms with Crippen molar-refractivity contribution in [2.75, 3.05) is 52.0 Å². The average Bonchev–Trinajstić information content (AvgIpc) is 3.60. The number of amides is 2. The topological polar surface area (TPSA) is 146 Å². The number of carbonyl (C=O) groups excluding carboxylic acids is 3. The van der Waals surface area contributed by atoms with Gasteiger partial charge in [-0.3, -0.25) is 19.6 Å². The molecule has 2 amide bonds. The Hall–Kier alpha value is -4.80. The first-order valence-corrected chi connectivity index (χ1v) is 26.0. The summed E-state index contributed by atoms with van der Waals surface area (Å²) in [6.45, 7) is 23.6. The summed E-state index contributed by atoms with van der Waals surface area (Å²) in [5, 5.41) is 5.51. The van der Waals surface area contributed by atoms with Crippen LogP contribution in [0.2, 0.25) is 18.1 Å². The van der Waals surface area contributed by atoms with Crippen LogP contribution in [-0.2, 0) is 52.5 Å². The number of ether oxygens (including phenoxy) is 4. The molecule has 6 rings (SSSR count). The Morgan fingerprint density at radius 3 is 2.46 bits per heavy atom. The Morgan fingerprint density at radius 2 is 1.77 bits per heavy atom. The fourth-order valence-electron chi connectivity index (χ4n) is 8.53. The summed E-state index contributed by atoms with van der Waals surface area (Å²) >= 11 is 0. The molecule has 354 valence electrons. The lowest BCUT2D eigenvalue weighted by Gasteiger charge is -2.39. The first kappa shape index (κ1) is 49.6. The molecule has 2 aromatic carbocycles. The standard InChI is InChI=1S/C50H72N6O8Si/c1-12-55-43-23-22-36(28-39(43)40(30-50(6,7)33-64-65(10,11)49(3,4)5)45(55)38-20-16-24-51-44(38)34(2)60-8)54-26-27-62-37(31-54)29-42(52-48(59)63-32-35-18-14-13-15-19-35)46(57)56-25-17-21-41(53-56)47(58)61-9/h13-16,18-20,22-24,28,34,37,41-42,53H,12,17,21,25-27,29-33H2,1-11H3,(H,52,59)/t34-,37?,41?,42?/m0/s1. The summed E-state index contributed by atoms with van der Waals surface area (Å²) in [6, 6.07) is 18.6. The minimum atomic E-state index is -2.02. The van der Waals surface area contributed by atoms with E-state index in [0.717, 1.165) is 52.1 Å². The SMILES string of the molecule is CCn1c(-c2cccnc2[C@H](C)OC)c(CC(C)(C)CO[Si](C)(C)C(C)(C)C)c2cc(N3CCOC(CC(NC(=O)OCc4ccccc4)C(=O)N4CCCC(C(=O)OC)N4)C3)ccc21. The highest BCUT2D eigenvalue weighted by molar-refractivity contribution is 6.74. The summed E-state index contributed by atoms with van der Waals surface area (Å²) in [7, 11) is 1.02.